The van der Waals surface area contributed by atoms with E-state index < -0.39 is 39.7 Å². The third-order valence-corrected chi connectivity index (χ3v) is 6.18. The fraction of sp³-hybridized carbons (Fsp3) is 0.667. The normalized spacial score (nSPS) is 14.1. The fourth-order valence-electron chi connectivity index (χ4n) is 3.97. The third kappa shape index (κ3) is 10.9. The fourth-order valence-corrected chi connectivity index (χ4v) is 4.50. The summed E-state index contributed by atoms with van der Waals surface area (Å²) in [5.74, 6) is -3.65. The highest BCUT2D eigenvalue weighted by Crippen LogP contribution is 2.29. The number of aromatic nitrogens is 1. The van der Waals surface area contributed by atoms with E-state index in [9.17, 15) is 39.8 Å². The Hall–Kier alpha value is -3.53. The number of hydrazone groups is 1. The molecule has 0 aliphatic rings. The number of guanidine groups is 1. The number of Topliss-reactive ketones (excluding diaryl/α,β-unsaturated/α-hetero) is 1. The lowest BCUT2D eigenvalue weighted by Crippen LogP contribution is -2.46. The monoisotopic (exact) mass is 543 g/mol. The average molecular weight is 544 g/mol. The Kier molecular flexibility index (Phi) is 13.2. The maximum Gasteiger partial charge on any atom is 0.500 e. The lowest BCUT2D eigenvalue weighted by Gasteiger charge is -2.34. The van der Waals surface area contributed by atoms with Gasteiger partial charge in [-0.15, -0.1) is 11.3 Å². The van der Waals surface area contributed by atoms with Crippen molar-refractivity contribution in [1.82, 2.24) is 15.4 Å². The van der Waals surface area contributed by atoms with Gasteiger partial charge in [0.15, 0.2) is 5.13 Å². The number of carbonyl (C=O) groups is 3. The lowest BCUT2D eigenvalue weighted by atomic mass is 9.78. The van der Waals surface area contributed by atoms with Crippen LogP contribution < -0.4 is 10.6 Å². The van der Waals surface area contributed by atoms with Crippen LogP contribution in [0.2, 0.25) is 0 Å². The maximum atomic E-state index is 13.5. The van der Waals surface area contributed by atoms with Crippen LogP contribution in [0.25, 0.3) is 0 Å². The number of hydroxylamine groups is 2. The molecule has 206 valence electrons. The Balaban J connectivity index is 3.08. The van der Waals surface area contributed by atoms with Crippen molar-refractivity contribution in [1.29, 1.82) is 0 Å². The van der Waals surface area contributed by atoms with Crippen LogP contribution in [0.3, 0.4) is 0 Å². The van der Waals surface area contributed by atoms with Crippen LogP contribution in [0.5, 0.6) is 0 Å². The molecule has 0 aliphatic heterocycles. The van der Waals surface area contributed by atoms with Crippen LogP contribution in [-0.4, -0.2) is 61.9 Å². The van der Waals surface area contributed by atoms with Crippen LogP contribution in [-0.2, 0) is 14.4 Å². The molecule has 1 heterocycles. The highest BCUT2D eigenvalue weighted by atomic mass is 32.1. The number of carbonyl (C=O) groups excluding carboxylic acids is 3. The zero-order chi connectivity index (χ0) is 28.1. The molecule has 1 aromatic rings. The van der Waals surface area contributed by atoms with Gasteiger partial charge in [0, 0.05) is 29.8 Å². The molecule has 2 amide bonds. The topological polar surface area (TPSA) is 210 Å². The van der Waals surface area contributed by atoms with E-state index >= 15 is 0 Å². The van der Waals surface area contributed by atoms with E-state index in [4.69, 9.17) is 0 Å². The van der Waals surface area contributed by atoms with Gasteiger partial charge in [0.1, 0.15) is 5.78 Å². The molecular weight excluding hydrogens is 510 g/mol. The molecule has 3 atom stereocenters. The third-order valence-electron chi connectivity index (χ3n) is 5.49. The Morgan fingerprint density at radius 1 is 1.27 bits per heavy atom. The van der Waals surface area contributed by atoms with Crippen molar-refractivity contribution < 1.29 is 29.5 Å². The van der Waals surface area contributed by atoms with Crippen molar-refractivity contribution in [3.8, 4) is 0 Å². The summed E-state index contributed by atoms with van der Waals surface area (Å²) in [5, 5.41) is 40.4. The first-order valence-electron chi connectivity index (χ1n) is 11.6. The van der Waals surface area contributed by atoms with Gasteiger partial charge in [-0.2, -0.15) is 0 Å². The zero-order valence-corrected chi connectivity index (χ0v) is 21.9. The Bertz CT molecular complexity index is 955. The van der Waals surface area contributed by atoms with Gasteiger partial charge in [-0.05, 0) is 36.0 Å². The Morgan fingerprint density at radius 2 is 1.95 bits per heavy atom. The van der Waals surface area contributed by atoms with Gasteiger partial charge >= 0.3 is 5.96 Å². The molecule has 15 nitrogen and oxygen atoms in total. The van der Waals surface area contributed by atoms with Gasteiger partial charge in [-0.3, -0.25) is 24.9 Å². The SMILES string of the molecule is CC(C)C[C@@H](C(=O)C[C@@H](CCCN/C(=N/[N+](=O)[O-])[N+](=O)[O-])C(=O)Nc1nccs1)[C@H](C(C)C)N(O)C=O. The molecule has 0 aliphatic carbocycles. The smallest absolute Gasteiger partial charge is 0.390 e. The second-order valence-corrected chi connectivity index (χ2v) is 10.0. The van der Waals surface area contributed by atoms with Gasteiger partial charge in [-0.1, -0.05) is 27.7 Å². The number of hydrogen-bond acceptors (Lipinski definition) is 10. The van der Waals surface area contributed by atoms with Gasteiger partial charge in [-0.25, -0.2) is 20.2 Å². The predicted octanol–water partition coefficient (Wildman–Crippen LogP) is 2.39. The molecule has 0 fully saturated rings. The Morgan fingerprint density at radius 3 is 2.43 bits per heavy atom. The van der Waals surface area contributed by atoms with Crippen molar-refractivity contribution >= 4 is 40.5 Å². The molecule has 0 radical (unpaired) electrons. The highest BCUT2D eigenvalue weighted by molar-refractivity contribution is 7.13. The first-order chi connectivity index (χ1) is 17.4. The van der Waals surface area contributed by atoms with E-state index in [1.54, 1.807) is 19.2 Å². The molecule has 0 saturated heterocycles. The summed E-state index contributed by atoms with van der Waals surface area (Å²) < 4.78 is 0. The number of nitro groups is 2. The van der Waals surface area contributed by atoms with E-state index in [1.165, 1.54) is 17.5 Å². The van der Waals surface area contributed by atoms with Crippen LogP contribution in [0.4, 0.5) is 5.13 Å². The summed E-state index contributed by atoms with van der Waals surface area (Å²) in [7, 11) is 0. The molecule has 1 rings (SSSR count). The highest BCUT2D eigenvalue weighted by Gasteiger charge is 2.36. The van der Waals surface area contributed by atoms with Gasteiger partial charge < -0.3 is 15.4 Å². The number of hydrogen-bond donors (Lipinski definition) is 3. The molecule has 1 aromatic heterocycles. The average Bonchev–Trinajstić information content (AvgIpc) is 3.31. The standard InChI is InChI=1S/C21H33N7O8S/c1-13(2)10-16(18(14(3)4)26(32)12-29)17(30)11-15(19(31)24-21-23-8-9-37-21)6-5-7-22-20(27(33)34)25-28(35)36/h8-9,12-16,18,32H,5-7,10-11H2,1-4H3,(H,22,25)(H,23,24,31)/t15-,16+,18+/m1/s1. The predicted molar refractivity (Wildman–Crippen MR) is 134 cm³/mol. The van der Waals surface area contributed by atoms with Crippen LogP contribution in [0.15, 0.2) is 16.7 Å². The number of nitrogens with zero attached hydrogens (tertiary/aromatic N) is 5. The van der Waals surface area contributed by atoms with Crippen LogP contribution in [0, 0.1) is 43.9 Å². The van der Waals surface area contributed by atoms with Crippen molar-refractivity contribution in [3.05, 3.63) is 31.8 Å². The molecule has 0 saturated carbocycles. The minimum atomic E-state index is -1.20. The van der Waals surface area contributed by atoms with Gasteiger partial charge in [0.25, 0.3) is 10.1 Å². The van der Waals surface area contributed by atoms with E-state index in [0.29, 0.717) is 16.6 Å². The second kappa shape index (κ2) is 15.6. The minimum absolute atomic E-state index is 0.0588. The maximum absolute atomic E-state index is 13.5. The quantitative estimate of drug-likeness (QED) is 0.0527. The molecule has 0 unspecified atom stereocenters. The van der Waals surface area contributed by atoms with Crippen molar-refractivity contribution in [2.24, 2.45) is 28.8 Å². The second-order valence-electron chi connectivity index (χ2n) is 9.14. The summed E-state index contributed by atoms with van der Waals surface area (Å²) >= 11 is 1.19. The number of rotatable bonds is 16. The summed E-state index contributed by atoms with van der Waals surface area (Å²) in [6.07, 6.45) is 2.17. The van der Waals surface area contributed by atoms with Crippen LogP contribution in [0.1, 0.15) is 53.4 Å². The first kappa shape index (κ1) is 31.5. The van der Waals surface area contributed by atoms with Crippen molar-refractivity contribution in [3.63, 3.8) is 0 Å². The molecular formula is C21H33N7O8S. The molecule has 0 spiro atoms. The first-order valence-corrected chi connectivity index (χ1v) is 12.5. The van der Waals surface area contributed by atoms with E-state index in [2.05, 4.69) is 20.7 Å². The largest absolute Gasteiger partial charge is 0.500 e. The molecule has 0 aromatic carbocycles. The molecule has 3 N–H and O–H groups in total. The summed E-state index contributed by atoms with van der Waals surface area (Å²) in [5.41, 5.74) is 0. The van der Waals surface area contributed by atoms with Gasteiger partial charge in [0.2, 0.25) is 12.3 Å². The van der Waals surface area contributed by atoms with Crippen LogP contribution >= 0.6 is 11.3 Å². The number of anilines is 1. The summed E-state index contributed by atoms with van der Waals surface area (Å²) in [6.45, 7) is 7.24. The zero-order valence-electron chi connectivity index (χ0n) is 21.1. The van der Waals surface area contributed by atoms with E-state index in [1.807, 2.05) is 13.8 Å². The summed E-state index contributed by atoms with van der Waals surface area (Å²) in [4.78, 5) is 62.1. The lowest BCUT2D eigenvalue weighted by molar-refractivity contribution is -0.496. The van der Waals surface area contributed by atoms with Gasteiger partial charge in [0.05, 0.1) is 12.6 Å². The molecule has 0 bridgehead atoms. The molecule has 37 heavy (non-hydrogen) atoms. The summed E-state index contributed by atoms with van der Waals surface area (Å²) in [6, 6.07) is -0.794. The Labute approximate surface area is 217 Å². The number of thiazole rings is 1. The van der Waals surface area contributed by atoms with Crippen molar-refractivity contribution in [2.75, 3.05) is 11.9 Å². The number of nitrogens with one attached hydrogen (secondary N) is 2. The van der Waals surface area contributed by atoms with Crippen molar-refractivity contribution in [2.45, 2.75) is 59.4 Å². The van der Waals surface area contributed by atoms with E-state index in [-0.39, 0.29) is 49.8 Å². The number of amides is 2. The number of ketones is 1. The van der Waals surface area contributed by atoms with E-state index in [0.717, 1.165) is 0 Å². The minimum Gasteiger partial charge on any atom is -0.390 e. The molecule has 16 heteroatoms.